The van der Waals surface area contributed by atoms with Gasteiger partial charge < -0.3 is 5.73 Å². The van der Waals surface area contributed by atoms with E-state index in [4.69, 9.17) is 5.73 Å². The summed E-state index contributed by atoms with van der Waals surface area (Å²) in [5, 5.41) is 0. The minimum Gasteiger partial charge on any atom is -0.326 e. The number of halogens is 1. The van der Waals surface area contributed by atoms with Crippen LogP contribution in [0.25, 0.3) is 0 Å². The maximum absolute atomic E-state index is 5.30. The van der Waals surface area contributed by atoms with Crippen molar-refractivity contribution < 1.29 is 0 Å². The number of nitrogens with two attached hydrogens (primary N) is 1. The predicted molar refractivity (Wildman–Crippen MR) is 37.6 cm³/mol. The maximum Gasteiger partial charge on any atom is 0.196 e. The van der Waals surface area contributed by atoms with Gasteiger partial charge in [0.15, 0.2) is 4.73 Å². The lowest BCUT2D eigenvalue weighted by Gasteiger charge is -1.91. The van der Waals surface area contributed by atoms with E-state index in [0.29, 0.717) is 11.3 Å². The summed E-state index contributed by atoms with van der Waals surface area (Å²) < 4.78 is 0.597. The second-order valence-corrected chi connectivity index (χ2v) is 2.27. The average Bonchev–Trinajstić information content (AvgIpc) is 1.90. The van der Waals surface area contributed by atoms with Gasteiger partial charge in [0.2, 0.25) is 0 Å². The van der Waals surface area contributed by atoms with Crippen molar-refractivity contribution >= 4 is 15.9 Å². The normalized spacial score (nSPS) is 9.56. The molecule has 0 spiro atoms. The molecule has 0 radical (unpaired) electrons. The van der Waals surface area contributed by atoms with Crippen molar-refractivity contribution in [2.24, 2.45) is 5.73 Å². The van der Waals surface area contributed by atoms with Crippen molar-refractivity contribution in [3.05, 3.63) is 22.7 Å². The van der Waals surface area contributed by atoms with Crippen LogP contribution < -0.4 is 5.73 Å². The molecular formula is C5H6BrN3. The highest BCUT2D eigenvalue weighted by Gasteiger charge is 1.88. The molecule has 0 aliphatic rings. The average molecular weight is 188 g/mol. The molecule has 0 fully saturated rings. The van der Waals surface area contributed by atoms with Crippen molar-refractivity contribution in [3.63, 3.8) is 0 Å². The fourth-order valence-electron chi connectivity index (χ4n) is 0.444. The summed E-state index contributed by atoms with van der Waals surface area (Å²) in [6.45, 7) is 0.493. The molecule has 0 bridgehead atoms. The van der Waals surface area contributed by atoms with Crippen LogP contribution in [0, 0.1) is 0 Å². The Hall–Kier alpha value is -0.480. The molecule has 0 unspecified atom stereocenters. The van der Waals surface area contributed by atoms with Crippen LogP contribution in [0.4, 0.5) is 0 Å². The first-order valence-corrected chi connectivity index (χ1v) is 3.28. The van der Waals surface area contributed by atoms with Crippen molar-refractivity contribution in [2.75, 3.05) is 0 Å². The zero-order chi connectivity index (χ0) is 6.69. The van der Waals surface area contributed by atoms with E-state index in [0.717, 1.165) is 5.56 Å². The molecule has 0 aliphatic carbocycles. The van der Waals surface area contributed by atoms with Crippen molar-refractivity contribution in [3.8, 4) is 0 Å². The summed E-state index contributed by atoms with van der Waals surface area (Å²) in [6.07, 6.45) is 3.38. The first-order chi connectivity index (χ1) is 4.33. The summed E-state index contributed by atoms with van der Waals surface area (Å²) in [5.74, 6) is 0. The molecule has 3 nitrogen and oxygen atoms in total. The fraction of sp³-hybridized carbons (Fsp3) is 0.200. The summed E-state index contributed by atoms with van der Waals surface area (Å²) in [4.78, 5) is 7.75. The van der Waals surface area contributed by atoms with Gasteiger partial charge in [0.25, 0.3) is 0 Å². The largest absolute Gasteiger partial charge is 0.326 e. The van der Waals surface area contributed by atoms with E-state index in [1.54, 1.807) is 12.4 Å². The smallest absolute Gasteiger partial charge is 0.196 e. The Bertz CT molecular complexity index is 184. The summed E-state index contributed by atoms with van der Waals surface area (Å²) in [5.41, 5.74) is 6.25. The van der Waals surface area contributed by atoms with Crippen LogP contribution in [-0.4, -0.2) is 9.97 Å². The van der Waals surface area contributed by atoms with Gasteiger partial charge in [-0.3, -0.25) is 0 Å². The molecule has 2 N–H and O–H groups in total. The van der Waals surface area contributed by atoms with E-state index in [1.165, 1.54) is 0 Å². The Balaban J connectivity index is 2.88. The van der Waals surface area contributed by atoms with Crippen LogP contribution >= 0.6 is 15.9 Å². The predicted octanol–water partition coefficient (Wildman–Crippen LogP) is 0.698. The van der Waals surface area contributed by atoms with Crippen LogP contribution in [0.3, 0.4) is 0 Å². The molecule has 1 aromatic rings. The summed E-state index contributed by atoms with van der Waals surface area (Å²) >= 11 is 3.11. The van der Waals surface area contributed by atoms with Gasteiger partial charge in [-0.1, -0.05) is 0 Å². The molecule has 1 rings (SSSR count). The second kappa shape index (κ2) is 2.89. The Labute approximate surface area is 61.4 Å². The lowest BCUT2D eigenvalue weighted by molar-refractivity contribution is 0.989. The third-order valence-corrected chi connectivity index (χ3v) is 1.32. The standard InChI is InChI=1S/C5H6BrN3/c6-5-8-2-4(1-7)3-9-5/h2-3H,1,7H2. The highest BCUT2D eigenvalue weighted by atomic mass is 79.9. The van der Waals surface area contributed by atoms with E-state index < -0.39 is 0 Å². The fourth-order valence-corrected chi connectivity index (χ4v) is 0.649. The third kappa shape index (κ3) is 1.73. The highest BCUT2D eigenvalue weighted by molar-refractivity contribution is 9.10. The SMILES string of the molecule is NCc1cnc(Br)nc1. The zero-order valence-electron chi connectivity index (χ0n) is 4.71. The van der Waals surface area contributed by atoms with Crippen LogP contribution in [0.1, 0.15) is 5.56 Å². The van der Waals surface area contributed by atoms with Gasteiger partial charge in [-0.2, -0.15) is 0 Å². The monoisotopic (exact) mass is 187 g/mol. The topological polar surface area (TPSA) is 51.8 Å². The molecule has 0 saturated heterocycles. The minimum atomic E-state index is 0.493. The van der Waals surface area contributed by atoms with E-state index >= 15 is 0 Å². The van der Waals surface area contributed by atoms with Gasteiger partial charge in [0, 0.05) is 24.5 Å². The molecule has 9 heavy (non-hydrogen) atoms. The minimum absolute atomic E-state index is 0.493. The van der Waals surface area contributed by atoms with Gasteiger partial charge in [0.1, 0.15) is 0 Å². The molecule has 0 saturated carbocycles. The maximum atomic E-state index is 5.30. The molecule has 0 amide bonds. The van der Waals surface area contributed by atoms with Crippen molar-refractivity contribution in [1.82, 2.24) is 9.97 Å². The van der Waals surface area contributed by atoms with Gasteiger partial charge in [-0.15, -0.1) is 0 Å². The summed E-state index contributed by atoms with van der Waals surface area (Å²) in [6, 6.07) is 0. The van der Waals surface area contributed by atoms with E-state index in [1.807, 2.05) is 0 Å². The number of aromatic nitrogens is 2. The Kier molecular flexibility index (Phi) is 2.13. The second-order valence-electron chi connectivity index (χ2n) is 1.56. The first kappa shape index (κ1) is 6.64. The van der Waals surface area contributed by atoms with E-state index in [2.05, 4.69) is 25.9 Å². The number of hydrogen-bond donors (Lipinski definition) is 1. The molecule has 48 valence electrons. The van der Waals surface area contributed by atoms with Crippen molar-refractivity contribution in [2.45, 2.75) is 6.54 Å². The van der Waals surface area contributed by atoms with Crippen LogP contribution in [0.5, 0.6) is 0 Å². The molecule has 0 aliphatic heterocycles. The van der Waals surface area contributed by atoms with Gasteiger partial charge in [-0.05, 0) is 15.9 Å². The molecule has 1 aromatic heterocycles. The number of rotatable bonds is 1. The number of nitrogens with zero attached hydrogens (tertiary/aromatic N) is 2. The Morgan fingerprint density at radius 2 is 2.00 bits per heavy atom. The van der Waals surface area contributed by atoms with E-state index in [-0.39, 0.29) is 0 Å². The first-order valence-electron chi connectivity index (χ1n) is 2.49. The van der Waals surface area contributed by atoms with Crippen LogP contribution in [-0.2, 0) is 6.54 Å². The van der Waals surface area contributed by atoms with Gasteiger partial charge in [0.05, 0.1) is 0 Å². The highest BCUT2D eigenvalue weighted by Crippen LogP contribution is 1.99. The van der Waals surface area contributed by atoms with Crippen LogP contribution in [0.2, 0.25) is 0 Å². The zero-order valence-corrected chi connectivity index (χ0v) is 6.30. The lowest BCUT2D eigenvalue weighted by atomic mass is 10.4. The van der Waals surface area contributed by atoms with Crippen molar-refractivity contribution in [1.29, 1.82) is 0 Å². The molecule has 0 atom stereocenters. The molecule has 1 heterocycles. The third-order valence-electron chi connectivity index (χ3n) is 0.910. The van der Waals surface area contributed by atoms with Gasteiger partial charge in [-0.25, -0.2) is 9.97 Å². The molecular weight excluding hydrogens is 182 g/mol. The Morgan fingerprint density at radius 3 is 2.44 bits per heavy atom. The van der Waals surface area contributed by atoms with Gasteiger partial charge >= 0.3 is 0 Å². The molecule has 0 aromatic carbocycles. The van der Waals surface area contributed by atoms with Crippen LogP contribution in [0.15, 0.2) is 17.1 Å². The number of hydrogen-bond acceptors (Lipinski definition) is 3. The van der Waals surface area contributed by atoms with E-state index in [9.17, 15) is 0 Å². The Morgan fingerprint density at radius 1 is 1.44 bits per heavy atom. The quantitative estimate of drug-likeness (QED) is 0.660. The summed E-state index contributed by atoms with van der Waals surface area (Å²) in [7, 11) is 0. The molecule has 4 heteroatoms. The lowest BCUT2D eigenvalue weighted by Crippen LogP contribution is -1.97.